The highest BCUT2D eigenvalue weighted by Gasteiger charge is 2.30. The number of nitrogens with one attached hydrogen (secondary N) is 2. The van der Waals surface area contributed by atoms with Crippen molar-refractivity contribution in [3.05, 3.63) is 66.6 Å². The Balaban J connectivity index is 1.29. The van der Waals surface area contributed by atoms with E-state index in [2.05, 4.69) is 20.6 Å². The number of nitrogens with zero attached hydrogens (tertiary/aromatic N) is 4. The molecule has 3 heterocycles. The van der Waals surface area contributed by atoms with Gasteiger partial charge < -0.3 is 19.9 Å². The fraction of sp³-hybridized carbons (Fsp3) is 0.286. The molecule has 2 N–H and O–H groups in total. The van der Waals surface area contributed by atoms with Gasteiger partial charge in [0.15, 0.2) is 5.96 Å². The maximum absolute atomic E-state index is 12.4. The maximum atomic E-state index is 12.4. The van der Waals surface area contributed by atoms with Crippen LogP contribution < -0.4 is 15.5 Å². The fourth-order valence-electron chi connectivity index (χ4n) is 3.47. The van der Waals surface area contributed by atoms with Gasteiger partial charge in [-0.15, -0.1) is 0 Å². The predicted octanol–water partition coefficient (Wildman–Crippen LogP) is 1.85. The number of aliphatic imine (C=N–C) groups is 1. The van der Waals surface area contributed by atoms with Crippen LogP contribution in [-0.4, -0.2) is 47.4 Å². The van der Waals surface area contributed by atoms with Crippen LogP contribution >= 0.6 is 0 Å². The zero-order chi connectivity index (χ0) is 19.3. The smallest absolute Gasteiger partial charge is 0.229 e. The van der Waals surface area contributed by atoms with Crippen molar-refractivity contribution in [3.8, 4) is 0 Å². The molecule has 0 spiro atoms. The minimum atomic E-state index is 0.0362. The van der Waals surface area contributed by atoms with Gasteiger partial charge in [-0.05, 0) is 24.3 Å². The molecule has 0 aliphatic carbocycles. The van der Waals surface area contributed by atoms with Gasteiger partial charge in [-0.3, -0.25) is 9.79 Å². The number of aromatic nitrogens is 2. The number of hydrogen-bond acceptors (Lipinski definition) is 3. The van der Waals surface area contributed by atoms with Gasteiger partial charge in [-0.2, -0.15) is 0 Å². The highest BCUT2D eigenvalue weighted by molar-refractivity contribution is 5.97. The molecule has 2 aromatic heterocycles. The molecular weight excluding hydrogens is 352 g/mol. The average Bonchev–Trinajstić information content (AvgIpc) is 3.30. The Morgan fingerprint density at radius 1 is 1.21 bits per heavy atom. The van der Waals surface area contributed by atoms with Gasteiger partial charge >= 0.3 is 0 Å². The minimum absolute atomic E-state index is 0.0362. The first-order chi connectivity index (χ1) is 13.7. The van der Waals surface area contributed by atoms with Crippen molar-refractivity contribution in [1.29, 1.82) is 0 Å². The number of imidazole rings is 1. The van der Waals surface area contributed by atoms with Crippen LogP contribution in [0.3, 0.4) is 0 Å². The summed E-state index contributed by atoms with van der Waals surface area (Å²) in [6.45, 7) is 1.35. The quantitative estimate of drug-likeness (QED) is 0.526. The van der Waals surface area contributed by atoms with Gasteiger partial charge in [0.1, 0.15) is 5.65 Å². The summed E-state index contributed by atoms with van der Waals surface area (Å²) in [5.41, 5.74) is 2.91. The van der Waals surface area contributed by atoms with Gasteiger partial charge in [-0.25, -0.2) is 4.98 Å². The molecule has 1 aromatic carbocycles. The van der Waals surface area contributed by atoms with Crippen LogP contribution in [0.4, 0.5) is 5.69 Å². The van der Waals surface area contributed by atoms with Gasteiger partial charge in [0, 0.05) is 51.1 Å². The van der Waals surface area contributed by atoms with Gasteiger partial charge in [0.2, 0.25) is 5.91 Å². The summed E-state index contributed by atoms with van der Waals surface area (Å²) < 4.78 is 2.02. The molecule has 0 bridgehead atoms. The first-order valence-electron chi connectivity index (χ1n) is 9.48. The molecule has 0 radical (unpaired) electrons. The second-order valence-electron chi connectivity index (χ2n) is 6.83. The highest BCUT2D eigenvalue weighted by atomic mass is 16.2. The van der Waals surface area contributed by atoms with Crippen LogP contribution in [0.5, 0.6) is 0 Å². The predicted molar refractivity (Wildman–Crippen MR) is 111 cm³/mol. The molecule has 1 amide bonds. The van der Waals surface area contributed by atoms with Crippen LogP contribution in [0.25, 0.3) is 5.65 Å². The number of rotatable bonds is 5. The van der Waals surface area contributed by atoms with Crippen LogP contribution in [0, 0.1) is 0 Å². The molecule has 1 unspecified atom stereocenters. The largest absolute Gasteiger partial charge is 0.356 e. The average molecular weight is 376 g/mol. The number of carbonyl (C=O) groups excluding carboxylic acids is 1. The molecular formula is C21H24N6O. The number of benzene rings is 1. The second kappa shape index (κ2) is 8.12. The van der Waals surface area contributed by atoms with E-state index >= 15 is 0 Å². The lowest BCUT2D eigenvalue weighted by atomic mass is 10.2. The van der Waals surface area contributed by atoms with Crippen molar-refractivity contribution in [1.82, 2.24) is 20.0 Å². The van der Waals surface area contributed by atoms with Crippen molar-refractivity contribution in [2.75, 3.05) is 25.0 Å². The lowest BCUT2D eigenvalue weighted by molar-refractivity contribution is -0.117. The summed E-state index contributed by atoms with van der Waals surface area (Å²) >= 11 is 0. The van der Waals surface area contributed by atoms with E-state index in [9.17, 15) is 4.79 Å². The molecule has 1 saturated heterocycles. The van der Waals surface area contributed by atoms with Crippen molar-refractivity contribution >= 4 is 23.2 Å². The Kier molecular flexibility index (Phi) is 5.23. The Morgan fingerprint density at radius 3 is 2.82 bits per heavy atom. The first-order valence-corrected chi connectivity index (χ1v) is 9.48. The van der Waals surface area contributed by atoms with E-state index in [-0.39, 0.29) is 11.9 Å². The van der Waals surface area contributed by atoms with Crippen molar-refractivity contribution < 1.29 is 4.79 Å². The van der Waals surface area contributed by atoms with E-state index in [1.165, 1.54) is 0 Å². The van der Waals surface area contributed by atoms with E-state index in [1.807, 2.05) is 70.2 Å². The molecule has 1 fully saturated rings. The maximum Gasteiger partial charge on any atom is 0.229 e. The zero-order valence-electron chi connectivity index (χ0n) is 15.9. The van der Waals surface area contributed by atoms with E-state index in [0.29, 0.717) is 25.5 Å². The molecule has 0 saturated carbocycles. The molecule has 3 aromatic rings. The summed E-state index contributed by atoms with van der Waals surface area (Å²) in [6.07, 6.45) is 5.29. The summed E-state index contributed by atoms with van der Waals surface area (Å²) in [5, 5.41) is 6.68. The van der Waals surface area contributed by atoms with Crippen LogP contribution in [0.1, 0.15) is 12.1 Å². The Bertz CT molecular complexity index is 948. The summed E-state index contributed by atoms with van der Waals surface area (Å²) in [7, 11) is 1.74. The van der Waals surface area contributed by atoms with E-state index in [4.69, 9.17) is 0 Å². The first kappa shape index (κ1) is 18.0. The standard InChI is InChI=1S/C21H24N6O/c1-22-21(23-11-10-16-14-26-12-6-5-9-19(26)24-16)25-17-13-20(28)27(15-17)18-7-3-2-4-8-18/h2-9,12,14,17H,10-11,13,15H2,1H3,(H2,22,23,25). The Labute approximate surface area is 164 Å². The second-order valence-corrected chi connectivity index (χ2v) is 6.83. The Hall–Kier alpha value is -3.35. The topological polar surface area (TPSA) is 74.0 Å². The molecule has 28 heavy (non-hydrogen) atoms. The number of hydrogen-bond donors (Lipinski definition) is 2. The summed E-state index contributed by atoms with van der Waals surface area (Å²) in [5.74, 6) is 0.834. The van der Waals surface area contributed by atoms with Crippen LogP contribution in [0.15, 0.2) is 65.9 Å². The van der Waals surface area contributed by atoms with Crippen molar-refractivity contribution in [2.24, 2.45) is 4.99 Å². The van der Waals surface area contributed by atoms with Gasteiger partial charge in [0.05, 0.1) is 11.7 Å². The third kappa shape index (κ3) is 3.98. The van der Waals surface area contributed by atoms with Crippen LogP contribution in [0.2, 0.25) is 0 Å². The molecule has 1 atom stereocenters. The fourth-order valence-corrected chi connectivity index (χ4v) is 3.47. The van der Waals surface area contributed by atoms with Gasteiger partial charge in [-0.1, -0.05) is 24.3 Å². The van der Waals surface area contributed by atoms with Crippen molar-refractivity contribution in [3.63, 3.8) is 0 Å². The SMILES string of the molecule is CN=C(NCCc1cn2ccccc2n1)NC1CC(=O)N(c2ccccc2)C1. The lowest BCUT2D eigenvalue weighted by Crippen LogP contribution is -2.45. The molecule has 7 nitrogen and oxygen atoms in total. The van der Waals surface area contributed by atoms with E-state index < -0.39 is 0 Å². The molecule has 1 aliphatic rings. The highest BCUT2D eigenvalue weighted by Crippen LogP contribution is 2.20. The molecule has 7 heteroatoms. The number of fused-ring (bicyclic) bond motifs is 1. The molecule has 1 aliphatic heterocycles. The lowest BCUT2D eigenvalue weighted by Gasteiger charge is -2.18. The van der Waals surface area contributed by atoms with Crippen LogP contribution in [-0.2, 0) is 11.2 Å². The number of guanidine groups is 1. The number of amides is 1. The number of pyridine rings is 1. The molecule has 4 rings (SSSR count). The van der Waals surface area contributed by atoms with E-state index in [0.717, 1.165) is 23.4 Å². The number of anilines is 1. The monoisotopic (exact) mass is 376 g/mol. The third-order valence-electron chi connectivity index (χ3n) is 4.84. The number of para-hydroxylation sites is 1. The minimum Gasteiger partial charge on any atom is -0.356 e. The summed E-state index contributed by atoms with van der Waals surface area (Å²) in [6, 6.07) is 15.8. The van der Waals surface area contributed by atoms with Crippen molar-refractivity contribution in [2.45, 2.75) is 18.9 Å². The third-order valence-corrected chi connectivity index (χ3v) is 4.84. The summed E-state index contributed by atoms with van der Waals surface area (Å²) in [4.78, 5) is 23.1. The molecule has 144 valence electrons. The van der Waals surface area contributed by atoms with Gasteiger partial charge in [0.25, 0.3) is 0 Å². The zero-order valence-corrected chi connectivity index (χ0v) is 15.9. The Morgan fingerprint density at radius 2 is 2.04 bits per heavy atom. The number of carbonyl (C=O) groups is 1. The normalized spacial score (nSPS) is 17.3. The van der Waals surface area contributed by atoms with E-state index in [1.54, 1.807) is 7.05 Å².